The molecule has 0 radical (unpaired) electrons. The minimum atomic E-state index is -3.79. The molecule has 0 saturated carbocycles. The van der Waals surface area contributed by atoms with Crippen LogP contribution in [0.4, 0.5) is 17.1 Å². The molecule has 0 heterocycles. The van der Waals surface area contributed by atoms with Gasteiger partial charge >= 0.3 is 0 Å². The second kappa shape index (κ2) is 5.08. The van der Waals surface area contributed by atoms with Crippen LogP contribution in [0, 0.1) is 0 Å². The summed E-state index contributed by atoms with van der Waals surface area (Å²) < 4.78 is 22.6. The monoisotopic (exact) mass is 297 g/mol. The van der Waals surface area contributed by atoms with E-state index in [0.717, 1.165) is 5.69 Å². The maximum Gasteiger partial charge on any atom is 0.238 e. The highest BCUT2D eigenvalue weighted by Crippen LogP contribution is 2.24. The Morgan fingerprint density at radius 1 is 1.00 bits per heavy atom. The zero-order chi connectivity index (χ0) is 14.0. The number of hydrogen-bond donors (Lipinski definition) is 3. The number of nitrogen functional groups attached to an aromatic ring is 1. The predicted octanol–water partition coefficient (Wildman–Crippen LogP) is 2.31. The summed E-state index contributed by atoms with van der Waals surface area (Å²) in [7, 11) is -3.79. The number of anilines is 3. The molecule has 0 saturated heterocycles. The molecule has 0 unspecified atom stereocenters. The molecule has 100 valence electrons. The van der Waals surface area contributed by atoms with Crippen molar-refractivity contribution in [3.63, 3.8) is 0 Å². The Morgan fingerprint density at radius 3 is 2.21 bits per heavy atom. The van der Waals surface area contributed by atoms with Gasteiger partial charge in [-0.15, -0.1) is 0 Å². The molecule has 0 bridgehead atoms. The third kappa shape index (κ3) is 3.60. The Kier molecular flexibility index (Phi) is 3.66. The van der Waals surface area contributed by atoms with Crippen molar-refractivity contribution in [1.29, 1.82) is 0 Å². The van der Waals surface area contributed by atoms with E-state index < -0.39 is 10.0 Å². The van der Waals surface area contributed by atoms with Crippen LogP contribution in [0.15, 0.2) is 47.4 Å². The standard InChI is InChI=1S/C12H12ClN3O2S/c13-8-1-3-10(4-2-8)16-11-5-9(14)6-12(7-11)19(15,17)18/h1-7,16H,14H2,(H2,15,17,18). The fraction of sp³-hybridized carbons (Fsp3) is 0. The first-order chi connectivity index (χ1) is 8.84. The summed E-state index contributed by atoms with van der Waals surface area (Å²) in [5.41, 5.74) is 7.25. The minimum absolute atomic E-state index is 0.0380. The molecular formula is C12H12ClN3O2S. The summed E-state index contributed by atoms with van der Waals surface area (Å²) in [5.74, 6) is 0. The van der Waals surface area contributed by atoms with Crippen molar-refractivity contribution in [2.24, 2.45) is 5.14 Å². The second-order valence-corrected chi connectivity index (χ2v) is 5.97. The number of rotatable bonds is 3. The summed E-state index contributed by atoms with van der Waals surface area (Å²) in [4.78, 5) is -0.0380. The zero-order valence-electron chi connectivity index (χ0n) is 9.80. The van der Waals surface area contributed by atoms with E-state index in [0.29, 0.717) is 16.4 Å². The third-order valence-electron chi connectivity index (χ3n) is 2.39. The van der Waals surface area contributed by atoms with Crippen LogP contribution in [0.25, 0.3) is 0 Å². The summed E-state index contributed by atoms with van der Waals surface area (Å²) in [5, 5.41) is 8.72. The van der Waals surface area contributed by atoms with E-state index in [1.54, 1.807) is 30.3 Å². The third-order valence-corrected chi connectivity index (χ3v) is 3.54. The van der Waals surface area contributed by atoms with Gasteiger partial charge in [0.05, 0.1) is 4.90 Å². The maximum atomic E-state index is 11.3. The highest BCUT2D eigenvalue weighted by molar-refractivity contribution is 7.89. The molecule has 5 N–H and O–H groups in total. The SMILES string of the molecule is Nc1cc(Nc2ccc(Cl)cc2)cc(S(N)(=O)=O)c1. The second-order valence-electron chi connectivity index (χ2n) is 3.97. The van der Waals surface area contributed by atoms with Crippen LogP contribution >= 0.6 is 11.6 Å². The Labute approximate surface area is 116 Å². The predicted molar refractivity (Wildman–Crippen MR) is 77.0 cm³/mol. The van der Waals surface area contributed by atoms with E-state index in [1.165, 1.54) is 12.1 Å². The number of nitrogens with two attached hydrogens (primary N) is 2. The van der Waals surface area contributed by atoms with E-state index in [2.05, 4.69) is 5.32 Å². The number of primary sulfonamides is 1. The van der Waals surface area contributed by atoms with E-state index in [-0.39, 0.29) is 4.90 Å². The largest absolute Gasteiger partial charge is 0.399 e. The average molecular weight is 298 g/mol. The summed E-state index contributed by atoms with van der Waals surface area (Å²) in [6.45, 7) is 0. The smallest absolute Gasteiger partial charge is 0.238 e. The number of sulfonamides is 1. The van der Waals surface area contributed by atoms with Gasteiger partial charge in [-0.3, -0.25) is 0 Å². The first-order valence-electron chi connectivity index (χ1n) is 5.30. The van der Waals surface area contributed by atoms with E-state index in [9.17, 15) is 8.42 Å². The molecule has 2 aromatic rings. The highest BCUT2D eigenvalue weighted by Gasteiger charge is 2.10. The molecule has 0 aliphatic rings. The van der Waals surface area contributed by atoms with Crippen molar-refractivity contribution < 1.29 is 8.42 Å². The van der Waals surface area contributed by atoms with Gasteiger partial charge in [-0.25, -0.2) is 13.6 Å². The van der Waals surface area contributed by atoms with E-state index in [1.807, 2.05) is 0 Å². The number of benzene rings is 2. The lowest BCUT2D eigenvalue weighted by molar-refractivity contribution is 0.598. The maximum absolute atomic E-state index is 11.3. The molecule has 0 aliphatic carbocycles. The molecule has 5 nitrogen and oxygen atoms in total. The molecule has 0 spiro atoms. The molecule has 2 rings (SSSR count). The first-order valence-corrected chi connectivity index (χ1v) is 7.23. The lowest BCUT2D eigenvalue weighted by Gasteiger charge is -2.09. The van der Waals surface area contributed by atoms with Crippen LogP contribution in [-0.2, 0) is 10.0 Å². The summed E-state index contributed by atoms with van der Waals surface area (Å²) in [6, 6.07) is 11.3. The van der Waals surface area contributed by atoms with Gasteiger partial charge in [0.15, 0.2) is 0 Å². The quantitative estimate of drug-likeness (QED) is 0.757. The van der Waals surface area contributed by atoms with Gasteiger partial charge in [-0.1, -0.05) is 11.6 Å². The van der Waals surface area contributed by atoms with Crippen molar-refractivity contribution in [1.82, 2.24) is 0 Å². The van der Waals surface area contributed by atoms with Crippen LogP contribution in [0.1, 0.15) is 0 Å². The first kappa shape index (κ1) is 13.7. The van der Waals surface area contributed by atoms with Gasteiger partial charge in [-0.2, -0.15) is 0 Å². The molecule has 2 aromatic carbocycles. The zero-order valence-corrected chi connectivity index (χ0v) is 11.4. The molecule has 0 atom stereocenters. The minimum Gasteiger partial charge on any atom is -0.399 e. The molecule has 0 aromatic heterocycles. The summed E-state index contributed by atoms with van der Waals surface area (Å²) >= 11 is 5.78. The fourth-order valence-electron chi connectivity index (χ4n) is 1.56. The van der Waals surface area contributed by atoms with Gasteiger partial charge in [-0.05, 0) is 42.5 Å². The van der Waals surface area contributed by atoms with Gasteiger partial charge in [0, 0.05) is 22.1 Å². The fourth-order valence-corrected chi connectivity index (χ4v) is 2.28. The van der Waals surface area contributed by atoms with Crippen molar-refractivity contribution >= 4 is 38.7 Å². The topological polar surface area (TPSA) is 98.2 Å². The molecular weight excluding hydrogens is 286 g/mol. The summed E-state index contributed by atoms with van der Waals surface area (Å²) in [6.07, 6.45) is 0. The van der Waals surface area contributed by atoms with Crippen molar-refractivity contribution in [3.8, 4) is 0 Å². The molecule has 0 amide bonds. The Hall–Kier alpha value is -1.76. The lowest BCUT2D eigenvalue weighted by Crippen LogP contribution is -2.12. The van der Waals surface area contributed by atoms with Crippen LogP contribution < -0.4 is 16.2 Å². The number of hydrogen-bond acceptors (Lipinski definition) is 4. The molecule has 19 heavy (non-hydrogen) atoms. The van der Waals surface area contributed by atoms with Gasteiger partial charge in [0.25, 0.3) is 0 Å². The Bertz CT molecular complexity index is 699. The van der Waals surface area contributed by atoms with Gasteiger partial charge in [0.2, 0.25) is 10.0 Å². The number of nitrogens with one attached hydrogen (secondary N) is 1. The van der Waals surface area contributed by atoms with Crippen LogP contribution in [0.3, 0.4) is 0 Å². The van der Waals surface area contributed by atoms with Gasteiger partial charge < -0.3 is 11.1 Å². The van der Waals surface area contributed by atoms with Crippen LogP contribution in [-0.4, -0.2) is 8.42 Å². The van der Waals surface area contributed by atoms with Crippen molar-refractivity contribution in [3.05, 3.63) is 47.5 Å². The van der Waals surface area contributed by atoms with Crippen LogP contribution in [0.2, 0.25) is 5.02 Å². The van der Waals surface area contributed by atoms with Crippen LogP contribution in [0.5, 0.6) is 0 Å². The van der Waals surface area contributed by atoms with Gasteiger partial charge in [0.1, 0.15) is 0 Å². The lowest BCUT2D eigenvalue weighted by atomic mass is 10.2. The highest BCUT2D eigenvalue weighted by atomic mass is 35.5. The Morgan fingerprint density at radius 2 is 1.63 bits per heavy atom. The normalized spacial score (nSPS) is 11.3. The van der Waals surface area contributed by atoms with E-state index in [4.69, 9.17) is 22.5 Å². The van der Waals surface area contributed by atoms with E-state index >= 15 is 0 Å². The van der Waals surface area contributed by atoms with Crippen molar-refractivity contribution in [2.75, 3.05) is 11.1 Å². The average Bonchev–Trinajstić information content (AvgIpc) is 2.30. The number of halogens is 1. The van der Waals surface area contributed by atoms with Crippen molar-refractivity contribution in [2.45, 2.75) is 4.90 Å². The molecule has 7 heteroatoms. The molecule has 0 fully saturated rings. The molecule has 0 aliphatic heterocycles. The Balaban J connectivity index is 2.35.